The zero-order chi connectivity index (χ0) is 44.7. The summed E-state index contributed by atoms with van der Waals surface area (Å²) in [6.45, 7) is 10.6. The van der Waals surface area contributed by atoms with E-state index in [4.69, 9.17) is 37.9 Å². The standard InChI is InChI=1S/C58H74O8/c1-3-63-55-43-29-39-11-7-5-8-12-40-30-44(56(64-4-2)52(34-40)48-16-15-47(48)51(55)33-39)38-46-32-42-14-10-6-9-13-41-31-45(37-43)57-53(35-41)49-17-18-50(49)54(36-42)58(46)66-28-26-62-24-22-60-20-19-59-21-23-61-25-27-65-57/h29-36,47-50H,3-28,37-38H2,1-2H3. The largest absolute Gasteiger partial charge is 0.493 e. The highest BCUT2D eigenvalue weighted by Gasteiger charge is 2.41. The first kappa shape index (κ1) is 45.7. The molecule has 4 atom stereocenters. The van der Waals surface area contributed by atoms with Gasteiger partial charge in [0.05, 0.1) is 66.1 Å². The number of aryl methyl sites for hydroxylation is 4. The van der Waals surface area contributed by atoms with Crippen molar-refractivity contribution in [2.45, 2.75) is 140 Å². The second-order valence-corrected chi connectivity index (χ2v) is 19.8. The van der Waals surface area contributed by atoms with Gasteiger partial charge in [-0.1, -0.05) is 61.4 Å². The molecule has 0 saturated heterocycles. The van der Waals surface area contributed by atoms with Gasteiger partial charge < -0.3 is 37.9 Å². The summed E-state index contributed by atoms with van der Waals surface area (Å²) in [5.74, 6) is 5.53. The quantitative estimate of drug-likeness (QED) is 0.201. The Morgan fingerprint density at radius 3 is 1.05 bits per heavy atom. The molecule has 2 fully saturated rings. The molecule has 66 heavy (non-hydrogen) atoms. The highest BCUT2D eigenvalue weighted by Crippen LogP contribution is 2.58. The van der Waals surface area contributed by atoms with Gasteiger partial charge in [0, 0.05) is 12.8 Å². The van der Waals surface area contributed by atoms with Gasteiger partial charge in [-0.15, -0.1) is 0 Å². The van der Waals surface area contributed by atoms with Gasteiger partial charge in [-0.05, 0) is 181 Å². The molecule has 4 aromatic carbocycles. The first-order valence-corrected chi connectivity index (χ1v) is 26.1. The van der Waals surface area contributed by atoms with E-state index in [2.05, 4.69) is 62.4 Å². The van der Waals surface area contributed by atoms with Gasteiger partial charge in [-0.3, -0.25) is 0 Å². The monoisotopic (exact) mass is 899 g/mol. The van der Waals surface area contributed by atoms with Crippen molar-refractivity contribution < 1.29 is 37.9 Å². The summed E-state index contributed by atoms with van der Waals surface area (Å²) in [5, 5.41) is 0. The van der Waals surface area contributed by atoms with E-state index in [1.54, 1.807) is 0 Å². The lowest BCUT2D eigenvalue weighted by Gasteiger charge is -2.41. The molecule has 0 amide bonds. The second kappa shape index (κ2) is 21.9. The fourth-order valence-electron chi connectivity index (χ4n) is 12.1. The Bertz CT molecular complexity index is 2130. The molecular formula is C58H74O8. The highest BCUT2D eigenvalue weighted by molar-refractivity contribution is 5.59. The molecule has 1 heterocycles. The van der Waals surface area contributed by atoms with Gasteiger partial charge in [0.2, 0.25) is 0 Å². The maximum Gasteiger partial charge on any atom is 0.126 e. The van der Waals surface area contributed by atoms with Gasteiger partial charge in [0.25, 0.3) is 0 Å². The number of ether oxygens (including phenoxy) is 8. The van der Waals surface area contributed by atoms with Crippen LogP contribution in [0.15, 0.2) is 48.5 Å². The Morgan fingerprint density at radius 1 is 0.379 bits per heavy atom. The molecule has 0 spiro atoms. The molecule has 6 aliphatic rings. The normalized spacial score (nSPS) is 24.0. The maximum absolute atomic E-state index is 7.13. The van der Waals surface area contributed by atoms with Gasteiger partial charge in [0.1, 0.15) is 36.2 Å². The van der Waals surface area contributed by atoms with E-state index in [-0.39, 0.29) is 11.8 Å². The lowest BCUT2D eigenvalue weighted by Crippen LogP contribution is -2.26. The van der Waals surface area contributed by atoms with E-state index in [0.717, 1.165) is 100 Å². The first-order valence-electron chi connectivity index (χ1n) is 26.1. The minimum absolute atomic E-state index is 0.288. The molecule has 10 rings (SSSR count). The number of hydrogen-bond donors (Lipinski definition) is 0. The van der Waals surface area contributed by atoms with Gasteiger partial charge >= 0.3 is 0 Å². The zero-order valence-corrected chi connectivity index (χ0v) is 40.0. The van der Waals surface area contributed by atoms with Crippen molar-refractivity contribution in [3.63, 3.8) is 0 Å². The van der Waals surface area contributed by atoms with Gasteiger partial charge in [-0.25, -0.2) is 0 Å². The van der Waals surface area contributed by atoms with E-state index >= 15 is 0 Å². The first-order chi connectivity index (χ1) is 32.6. The van der Waals surface area contributed by atoms with Crippen LogP contribution in [0.25, 0.3) is 0 Å². The third-order valence-corrected chi connectivity index (χ3v) is 15.4. The Labute approximate surface area is 394 Å². The Balaban J connectivity index is 1.21. The number of benzene rings is 4. The van der Waals surface area contributed by atoms with Crippen molar-refractivity contribution >= 4 is 0 Å². The van der Waals surface area contributed by atoms with Crippen molar-refractivity contribution in [1.29, 1.82) is 0 Å². The molecular weight excluding hydrogens is 825 g/mol. The van der Waals surface area contributed by atoms with E-state index < -0.39 is 0 Å². The Morgan fingerprint density at radius 2 is 0.697 bits per heavy atom. The fraction of sp³-hybridized carbons (Fsp3) is 0.586. The summed E-state index contributed by atoms with van der Waals surface area (Å²) in [5.41, 5.74) is 16.3. The third-order valence-electron chi connectivity index (χ3n) is 15.4. The minimum Gasteiger partial charge on any atom is -0.493 e. The van der Waals surface area contributed by atoms with Crippen LogP contribution in [0.2, 0.25) is 0 Å². The lowest BCUT2D eigenvalue weighted by molar-refractivity contribution is -0.00718. The molecule has 0 aromatic heterocycles. The molecule has 14 bridgehead atoms. The summed E-state index contributed by atoms with van der Waals surface area (Å²) < 4.78 is 52.0. The molecule has 0 N–H and O–H groups in total. The Hall–Kier alpha value is -4.08. The number of fused-ring (bicyclic) bond motifs is 6. The van der Waals surface area contributed by atoms with Crippen molar-refractivity contribution in [3.05, 3.63) is 115 Å². The third kappa shape index (κ3) is 10.2. The summed E-state index contributed by atoms with van der Waals surface area (Å²) in [6, 6.07) is 20.1. The van der Waals surface area contributed by atoms with E-state index in [9.17, 15) is 0 Å². The topological polar surface area (TPSA) is 73.8 Å². The summed E-state index contributed by atoms with van der Waals surface area (Å²) in [4.78, 5) is 0. The van der Waals surface area contributed by atoms with Crippen LogP contribution < -0.4 is 18.9 Å². The molecule has 2 saturated carbocycles. The van der Waals surface area contributed by atoms with E-state index in [1.807, 2.05) is 0 Å². The molecule has 8 heteroatoms. The highest BCUT2D eigenvalue weighted by atomic mass is 16.6. The maximum atomic E-state index is 7.13. The van der Waals surface area contributed by atoms with Crippen LogP contribution in [-0.4, -0.2) is 79.3 Å². The molecule has 4 unspecified atom stereocenters. The average Bonchev–Trinajstić information content (AvgIpc) is 3.28. The van der Waals surface area contributed by atoms with Crippen LogP contribution in [0.3, 0.4) is 0 Å². The summed E-state index contributed by atoms with van der Waals surface area (Å²) in [6.07, 6.45) is 17.3. The van der Waals surface area contributed by atoms with Gasteiger partial charge in [-0.2, -0.15) is 0 Å². The lowest BCUT2D eigenvalue weighted by atomic mass is 9.64. The van der Waals surface area contributed by atoms with Crippen LogP contribution >= 0.6 is 0 Å². The van der Waals surface area contributed by atoms with Crippen molar-refractivity contribution in [1.82, 2.24) is 0 Å². The molecule has 8 nitrogen and oxygen atoms in total. The molecule has 5 aliphatic carbocycles. The predicted octanol–water partition coefficient (Wildman–Crippen LogP) is 11.7. The van der Waals surface area contributed by atoms with Crippen LogP contribution in [-0.2, 0) is 57.5 Å². The molecule has 1 aliphatic heterocycles. The fourth-order valence-corrected chi connectivity index (χ4v) is 12.1. The van der Waals surface area contributed by atoms with Crippen molar-refractivity contribution in [2.24, 2.45) is 0 Å². The van der Waals surface area contributed by atoms with Crippen molar-refractivity contribution in [3.8, 4) is 23.0 Å². The smallest absolute Gasteiger partial charge is 0.126 e. The Kier molecular flexibility index (Phi) is 15.2. The molecule has 4 aromatic rings. The minimum atomic E-state index is 0.288. The van der Waals surface area contributed by atoms with Crippen LogP contribution in [0.1, 0.15) is 168 Å². The summed E-state index contributed by atoms with van der Waals surface area (Å²) in [7, 11) is 0. The zero-order valence-electron chi connectivity index (χ0n) is 40.0. The average molecular weight is 899 g/mol. The number of rotatable bonds is 4. The molecule has 0 radical (unpaired) electrons. The van der Waals surface area contributed by atoms with Gasteiger partial charge in [0.15, 0.2) is 0 Å². The predicted molar refractivity (Wildman–Crippen MR) is 260 cm³/mol. The van der Waals surface area contributed by atoms with E-state index in [1.165, 1.54) is 92.4 Å². The van der Waals surface area contributed by atoms with Crippen LogP contribution in [0, 0.1) is 0 Å². The SMILES string of the molecule is CCOc1c2cc3cc1C1CCC1c1cc(cc(c1OCC)Cc1cc4cc5c1OCCOCCOCCOCCOCCOc1c(cc(cc1C1CCC51)CCCCC4)C2)CCCCC3. The van der Waals surface area contributed by atoms with E-state index in [0.29, 0.717) is 91.1 Å². The second-order valence-electron chi connectivity index (χ2n) is 19.8. The van der Waals surface area contributed by atoms with Crippen LogP contribution in [0.4, 0.5) is 0 Å². The summed E-state index contributed by atoms with van der Waals surface area (Å²) >= 11 is 0. The van der Waals surface area contributed by atoms with Crippen LogP contribution in [0.5, 0.6) is 23.0 Å². The molecule has 354 valence electrons. The number of hydrogen-bond acceptors (Lipinski definition) is 8. The van der Waals surface area contributed by atoms with Crippen molar-refractivity contribution in [2.75, 3.05) is 79.3 Å².